The summed E-state index contributed by atoms with van der Waals surface area (Å²) < 4.78 is 5.23. The summed E-state index contributed by atoms with van der Waals surface area (Å²) in [6, 6.07) is 0. The van der Waals surface area contributed by atoms with Crippen LogP contribution in [0.4, 0.5) is 4.79 Å². The van der Waals surface area contributed by atoms with Crippen LogP contribution in [0.1, 0.15) is 39.5 Å². The third kappa shape index (κ3) is 5.48. The molecule has 1 atom stereocenters. The molecule has 0 aromatic rings. The maximum absolute atomic E-state index is 12.0. The number of carbonyl (C=O) groups is 2. The van der Waals surface area contributed by atoms with E-state index in [1.165, 1.54) is 18.1 Å². The minimum atomic E-state index is -0.645. The quantitative estimate of drug-likeness (QED) is 0.722. The van der Waals surface area contributed by atoms with Crippen molar-refractivity contribution >= 4 is 11.9 Å². The topological polar surface area (TPSA) is 81.4 Å². The Hall–Kier alpha value is -2.56. The third-order valence-electron chi connectivity index (χ3n) is 4.42. The normalized spacial score (nSPS) is 20.3. The lowest BCUT2D eigenvalue weighted by Gasteiger charge is -2.18. The van der Waals surface area contributed by atoms with Gasteiger partial charge >= 0.3 is 6.09 Å². The molecule has 1 unspecified atom stereocenters. The molecule has 0 heterocycles. The molecule has 0 fully saturated rings. The second-order valence-electron chi connectivity index (χ2n) is 6.28. The number of nitrogens with two attached hydrogens (primary N) is 1. The largest absolute Gasteiger partial charge is 0.449 e. The highest BCUT2D eigenvalue weighted by Crippen LogP contribution is 2.22. The maximum Gasteiger partial charge on any atom is 0.411 e. The number of nitrogens with one attached hydrogen (secondary N) is 1. The molecule has 1 amide bonds. The van der Waals surface area contributed by atoms with Crippen LogP contribution in [0.2, 0.25) is 0 Å². The van der Waals surface area contributed by atoms with Crippen LogP contribution in [0.5, 0.6) is 0 Å². The van der Waals surface area contributed by atoms with E-state index in [1.807, 2.05) is 24.3 Å². The summed E-state index contributed by atoms with van der Waals surface area (Å²) in [4.78, 5) is 23.9. The zero-order valence-electron chi connectivity index (χ0n) is 14.9. The van der Waals surface area contributed by atoms with E-state index in [9.17, 15) is 9.59 Å². The molecule has 0 spiro atoms. The van der Waals surface area contributed by atoms with Crippen LogP contribution in [0.15, 0.2) is 59.0 Å². The number of ether oxygens (including phenoxy) is 1. The molecule has 25 heavy (non-hydrogen) atoms. The SMILES string of the molecule is CC(=O)C(NC(=O)OCCC1=C(C)C=CCC1)=C(N)C1C=CC=CC1. The third-order valence-corrected chi connectivity index (χ3v) is 4.42. The first-order valence-electron chi connectivity index (χ1n) is 8.62. The Morgan fingerprint density at radius 1 is 1.32 bits per heavy atom. The summed E-state index contributed by atoms with van der Waals surface area (Å²) >= 11 is 0. The van der Waals surface area contributed by atoms with Gasteiger partial charge in [-0.3, -0.25) is 10.1 Å². The number of amides is 1. The molecule has 0 saturated carbocycles. The first kappa shape index (κ1) is 18.8. The number of ketones is 1. The number of rotatable bonds is 6. The van der Waals surface area contributed by atoms with E-state index >= 15 is 0 Å². The standard InChI is InChI=1S/C20H26N2O3/c1-14-8-6-7-9-16(14)12-13-25-20(24)22-19(15(2)23)18(21)17-10-4-3-5-11-17/h3-6,8,10,17H,7,9,11-13,21H2,1-2H3,(H,22,24). The molecular weight excluding hydrogens is 316 g/mol. The summed E-state index contributed by atoms with van der Waals surface area (Å²) in [6.45, 7) is 3.73. The summed E-state index contributed by atoms with van der Waals surface area (Å²) in [5.74, 6) is -0.376. The molecule has 0 aromatic heterocycles. The molecule has 5 heteroatoms. The van der Waals surface area contributed by atoms with Crippen molar-refractivity contribution in [2.24, 2.45) is 11.7 Å². The Kier molecular flexibility index (Phi) is 6.81. The first-order chi connectivity index (χ1) is 12.0. The van der Waals surface area contributed by atoms with Crippen molar-refractivity contribution in [1.82, 2.24) is 5.32 Å². The molecule has 2 aliphatic carbocycles. The summed E-state index contributed by atoms with van der Waals surface area (Å²) in [6.07, 6.45) is 14.7. The Labute approximate surface area is 149 Å². The Morgan fingerprint density at radius 2 is 2.12 bits per heavy atom. The van der Waals surface area contributed by atoms with Crippen molar-refractivity contribution in [3.63, 3.8) is 0 Å². The smallest absolute Gasteiger partial charge is 0.411 e. The molecule has 2 aliphatic rings. The number of allylic oxidation sites excluding steroid dienone is 8. The molecule has 0 aliphatic heterocycles. The number of hydrogen-bond acceptors (Lipinski definition) is 4. The average molecular weight is 342 g/mol. The van der Waals surface area contributed by atoms with Gasteiger partial charge in [0.2, 0.25) is 0 Å². The van der Waals surface area contributed by atoms with Gasteiger partial charge in [0.15, 0.2) is 5.78 Å². The van der Waals surface area contributed by atoms with Crippen LogP contribution in [-0.2, 0) is 9.53 Å². The van der Waals surface area contributed by atoms with Gasteiger partial charge in [0.25, 0.3) is 0 Å². The van der Waals surface area contributed by atoms with E-state index in [2.05, 4.69) is 24.4 Å². The molecule has 0 bridgehead atoms. The Morgan fingerprint density at radius 3 is 2.76 bits per heavy atom. The maximum atomic E-state index is 12.0. The molecule has 2 rings (SSSR count). The monoisotopic (exact) mass is 342 g/mol. The highest BCUT2D eigenvalue weighted by Gasteiger charge is 2.19. The highest BCUT2D eigenvalue weighted by atomic mass is 16.5. The average Bonchev–Trinajstić information content (AvgIpc) is 2.61. The fourth-order valence-corrected chi connectivity index (χ4v) is 2.92. The molecule has 0 saturated heterocycles. The molecule has 3 N–H and O–H groups in total. The van der Waals surface area contributed by atoms with Gasteiger partial charge in [0.1, 0.15) is 5.70 Å². The van der Waals surface area contributed by atoms with Crippen molar-refractivity contribution in [3.05, 3.63) is 59.0 Å². The van der Waals surface area contributed by atoms with Crippen LogP contribution in [0, 0.1) is 5.92 Å². The number of carbonyl (C=O) groups excluding carboxylic acids is 2. The number of Topliss-reactive ketones (excluding diaryl/α,β-unsaturated/α-hetero) is 1. The minimum absolute atomic E-state index is 0.0916. The lowest BCUT2D eigenvalue weighted by atomic mass is 9.95. The summed E-state index contributed by atoms with van der Waals surface area (Å²) in [7, 11) is 0. The lowest BCUT2D eigenvalue weighted by Crippen LogP contribution is -2.32. The van der Waals surface area contributed by atoms with Gasteiger partial charge in [0.05, 0.1) is 6.61 Å². The van der Waals surface area contributed by atoms with Crippen molar-refractivity contribution in [3.8, 4) is 0 Å². The van der Waals surface area contributed by atoms with Crippen LogP contribution in [0.3, 0.4) is 0 Å². The van der Waals surface area contributed by atoms with Crippen LogP contribution < -0.4 is 11.1 Å². The van der Waals surface area contributed by atoms with Gasteiger partial charge in [-0.2, -0.15) is 0 Å². The predicted molar refractivity (Wildman–Crippen MR) is 98.5 cm³/mol. The van der Waals surface area contributed by atoms with Gasteiger partial charge in [0, 0.05) is 25.0 Å². The molecule has 0 aromatic carbocycles. The molecular formula is C20H26N2O3. The van der Waals surface area contributed by atoms with Crippen LogP contribution in [-0.4, -0.2) is 18.5 Å². The first-order valence-corrected chi connectivity index (χ1v) is 8.62. The zero-order valence-corrected chi connectivity index (χ0v) is 14.9. The predicted octanol–water partition coefficient (Wildman–Crippen LogP) is 3.66. The van der Waals surface area contributed by atoms with E-state index in [0.29, 0.717) is 18.5 Å². The second-order valence-corrected chi connectivity index (χ2v) is 6.28. The zero-order chi connectivity index (χ0) is 18.2. The van der Waals surface area contributed by atoms with Crippen molar-refractivity contribution in [2.75, 3.05) is 6.61 Å². The van der Waals surface area contributed by atoms with Crippen molar-refractivity contribution in [2.45, 2.75) is 39.5 Å². The Bertz CT molecular complexity index is 681. The fraction of sp³-hybridized carbons (Fsp3) is 0.400. The number of hydrogen-bond donors (Lipinski definition) is 2. The fourth-order valence-electron chi connectivity index (χ4n) is 2.92. The molecule has 0 radical (unpaired) electrons. The molecule has 5 nitrogen and oxygen atoms in total. The van der Waals surface area contributed by atoms with E-state index < -0.39 is 6.09 Å². The van der Waals surface area contributed by atoms with Gasteiger partial charge in [-0.1, -0.05) is 47.6 Å². The summed E-state index contributed by atoms with van der Waals surface area (Å²) in [5.41, 5.74) is 9.11. The highest BCUT2D eigenvalue weighted by molar-refractivity contribution is 5.96. The van der Waals surface area contributed by atoms with Crippen molar-refractivity contribution in [1.29, 1.82) is 0 Å². The van der Waals surface area contributed by atoms with Gasteiger partial charge in [-0.15, -0.1) is 0 Å². The van der Waals surface area contributed by atoms with Gasteiger partial charge in [-0.25, -0.2) is 4.79 Å². The van der Waals surface area contributed by atoms with Crippen LogP contribution in [0.25, 0.3) is 0 Å². The van der Waals surface area contributed by atoms with E-state index in [-0.39, 0.29) is 24.0 Å². The second kappa shape index (κ2) is 9.06. The van der Waals surface area contributed by atoms with Gasteiger partial charge in [-0.05, 0) is 26.2 Å². The Balaban J connectivity index is 1.92. The van der Waals surface area contributed by atoms with E-state index in [1.54, 1.807) is 0 Å². The minimum Gasteiger partial charge on any atom is -0.449 e. The lowest BCUT2D eigenvalue weighted by molar-refractivity contribution is -0.114. The summed E-state index contributed by atoms with van der Waals surface area (Å²) in [5, 5.41) is 2.52. The molecule has 134 valence electrons. The van der Waals surface area contributed by atoms with Crippen molar-refractivity contribution < 1.29 is 14.3 Å². The van der Waals surface area contributed by atoms with Gasteiger partial charge < -0.3 is 10.5 Å². The van der Waals surface area contributed by atoms with E-state index in [4.69, 9.17) is 10.5 Å². The number of alkyl carbamates (subject to hydrolysis) is 1. The van der Waals surface area contributed by atoms with E-state index in [0.717, 1.165) is 12.8 Å². The van der Waals surface area contributed by atoms with Crippen LogP contribution >= 0.6 is 0 Å².